The van der Waals surface area contributed by atoms with Crippen molar-refractivity contribution in [1.82, 2.24) is 4.90 Å². The number of benzene rings is 1. The standard InChI is InChI=1S/C14H18FNOS/c1-2-10-4-3-7-16(9-10)14(17)12-8-11(18)5-6-13(12)15/h5-6,8,10,18H,2-4,7,9H2,1H3. The molecule has 4 heteroatoms. The molecule has 1 unspecified atom stereocenters. The molecule has 0 bridgehead atoms. The molecule has 1 aliphatic rings. The van der Waals surface area contributed by atoms with Crippen molar-refractivity contribution in [2.45, 2.75) is 31.1 Å². The summed E-state index contributed by atoms with van der Waals surface area (Å²) in [4.78, 5) is 14.7. The SMILES string of the molecule is CCC1CCCN(C(=O)c2cc(S)ccc2F)C1. The van der Waals surface area contributed by atoms with E-state index >= 15 is 0 Å². The number of amides is 1. The van der Waals surface area contributed by atoms with Gasteiger partial charge in [-0.05, 0) is 37.0 Å². The number of piperidine rings is 1. The number of thiol groups is 1. The molecule has 0 radical (unpaired) electrons. The van der Waals surface area contributed by atoms with Crippen LogP contribution in [-0.4, -0.2) is 23.9 Å². The van der Waals surface area contributed by atoms with Gasteiger partial charge in [0.05, 0.1) is 5.56 Å². The summed E-state index contributed by atoms with van der Waals surface area (Å²) in [6.07, 6.45) is 3.24. The number of carbonyl (C=O) groups is 1. The first-order chi connectivity index (χ1) is 8.61. The lowest BCUT2D eigenvalue weighted by molar-refractivity contribution is 0.0666. The van der Waals surface area contributed by atoms with Gasteiger partial charge in [-0.2, -0.15) is 0 Å². The van der Waals surface area contributed by atoms with E-state index in [0.717, 1.165) is 32.4 Å². The topological polar surface area (TPSA) is 20.3 Å². The highest BCUT2D eigenvalue weighted by Crippen LogP contribution is 2.22. The molecule has 0 aliphatic carbocycles. The Labute approximate surface area is 113 Å². The molecule has 0 spiro atoms. The fourth-order valence-electron chi connectivity index (χ4n) is 2.43. The van der Waals surface area contributed by atoms with E-state index in [1.54, 1.807) is 11.0 Å². The minimum atomic E-state index is -0.462. The highest BCUT2D eigenvalue weighted by atomic mass is 32.1. The van der Waals surface area contributed by atoms with Crippen LogP contribution in [-0.2, 0) is 0 Å². The first-order valence-electron chi connectivity index (χ1n) is 6.39. The lowest BCUT2D eigenvalue weighted by Gasteiger charge is -2.32. The summed E-state index contributed by atoms with van der Waals surface area (Å²) >= 11 is 4.16. The normalized spacial score (nSPS) is 19.9. The molecule has 1 aromatic carbocycles. The van der Waals surface area contributed by atoms with Crippen LogP contribution >= 0.6 is 12.6 Å². The molecule has 1 aromatic rings. The van der Waals surface area contributed by atoms with Crippen molar-refractivity contribution in [3.05, 3.63) is 29.6 Å². The van der Waals surface area contributed by atoms with E-state index in [1.165, 1.54) is 12.1 Å². The fourth-order valence-corrected chi connectivity index (χ4v) is 2.63. The molecule has 2 nitrogen and oxygen atoms in total. The van der Waals surface area contributed by atoms with Crippen molar-refractivity contribution in [2.24, 2.45) is 5.92 Å². The lowest BCUT2D eigenvalue weighted by atomic mass is 9.95. The van der Waals surface area contributed by atoms with E-state index in [2.05, 4.69) is 19.6 Å². The van der Waals surface area contributed by atoms with Gasteiger partial charge in [0, 0.05) is 18.0 Å². The summed E-state index contributed by atoms with van der Waals surface area (Å²) in [7, 11) is 0. The van der Waals surface area contributed by atoms with Crippen LogP contribution in [0.2, 0.25) is 0 Å². The molecule has 1 saturated heterocycles. The number of hydrogen-bond acceptors (Lipinski definition) is 2. The average Bonchev–Trinajstić information content (AvgIpc) is 2.41. The smallest absolute Gasteiger partial charge is 0.256 e. The van der Waals surface area contributed by atoms with Gasteiger partial charge in [0.25, 0.3) is 5.91 Å². The third kappa shape index (κ3) is 2.86. The van der Waals surface area contributed by atoms with Crippen molar-refractivity contribution < 1.29 is 9.18 Å². The average molecular weight is 267 g/mol. The molecule has 0 saturated carbocycles. The summed E-state index contributed by atoms with van der Waals surface area (Å²) in [5, 5.41) is 0. The molecule has 0 N–H and O–H groups in total. The van der Waals surface area contributed by atoms with Crippen LogP contribution in [0.15, 0.2) is 23.1 Å². The molecule has 1 aliphatic heterocycles. The zero-order valence-corrected chi connectivity index (χ0v) is 11.4. The molecule has 18 heavy (non-hydrogen) atoms. The van der Waals surface area contributed by atoms with E-state index in [4.69, 9.17) is 0 Å². The van der Waals surface area contributed by atoms with Crippen LogP contribution in [0.1, 0.15) is 36.5 Å². The van der Waals surface area contributed by atoms with Crippen LogP contribution < -0.4 is 0 Å². The zero-order chi connectivity index (χ0) is 13.1. The molecule has 1 atom stereocenters. The van der Waals surface area contributed by atoms with Crippen LogP contribution in [0.3, 0.4) is 0 Å². The van der Waals surface area contributed by atoms with E-state index in [1.807, 2.05) is 0 Å². The number of nitrogens with zero attached hydrogens (tertiary/aromatic N) is 1. The van der Waals surface area contributed by atoms with E-state index in [0.29, 0.717) is 10.8 Å². The van der Waals surface area contributed by atoms with Crippen molar-refractivity contribution in [2.75, 3.05) is 13.1 Å². The van der Waals surface area contributed by atoms with Crippen LogP contribution in [0, 0.1) is 11.7 Å². The van der Waals surface area contributed by atoms with E-state index in [-0.39, 0.29) is 11.5 Å². The Bertz CT molecular complexity index is 449. The summed E-state index contributed by atoms with van der Waals surface area (Å²) in [5.74, 6) is -0.122. The second kappa shape index (κ2) is 5.74. The molecule has 0 aromatic heterocycles. The van der Waals surface area contributed by atoms with Crippen molar-refractivity contribution >= 4 is 18.5 Å². The Hall–Kier alpha value is -1.03. The molecule has 1 fully saturated rings. The summed E-state index contributed by atoms with van der Waals surface area (Å²) in [5.41, 5.74) is 0.138. The van der Waals surface area contributed by atoms with Crippen LogP contribution in [0.5, 0.6) is 0 Å². The Morgan fingerprint density at radius 3 is 3.06 bits per heavy atom. The predicted molar refractivity (Wildman–Crippen MR) is 72.6 cm³/mol. The third-order valence-electron chi connectivity index (χ3n) is 3.56. The number of hydrogen-bond donors (Lipinski definition) is 1. The predicted octanol–water partition coefficient (Wildman–Crippen LogP) is 3.38. The molecule has 1 heterocycles. The Morgan fingerprint density at radius 2 is 2.33 bits per heavy atom. The van der Waals surface area contributed by atoms with Gasteiger partial charge in [-0.25, -0.2) is 4.39 Å². The van der Waals surface area contributed by atoms with E-state index < -0.39 is 5.82 Å². The van der Waals surface area contributed by atoms with Crippen molar-refractivity contribution in [3.63, 3.8) is 0 Å². The first-order valence-corrected chi connectivity index (χ1v) is 6.84. The zero-order valence-electron chi connectivity index (χ0n) is 10.5. The maximum atomic E-state index is 13.7. The van der Waals surface area contributed by atoms with E-state index in [9.17, 15) is 9.18 Å². The van der Waals surface area contributed by atoms with Gasteiger partial charge in [-0.3, -0.25) is 4.79 Å². The lowest BCUT2D eigenvalue weighted by Crippen LogP contribution is -2.40. The second-order valence-corrected chi connectivity index (χ2v) is 5.35. The van der Waals surface area contributed by atoms with Crippen molar-refractivity contribution in [3.8, 4) is 0 Å². The monoisotopic (exact) mass is 267 g/mol. The number of carbonyl (C=O) groups excluding carboxylic acids is 1. The fraction of sp³-hybridized carbons (Fsp3) is 0.500. The van der Waals surface area contributed by atoms with Crippen LogP contribution in [0.4, 0.5) is 4.39 Å². The van der Waals surface area contributed by atoms with Gasteiger partial charge in [-0.15, -0.1) is 12.6 Å². The maximum Gasteiger partial charge on any atom is 0.256 e. The van der Waals surface area contributed by atoms with Gasteiger partial charge >= 0.3 is 0 Å². The molecule has 98 valence electrons. The first kappa shape index (κ1) is 13.4. The molecule has 2 rings (SSSR count). The minimum absolute atomic E-state index is 0.138. The second-order valence-electron chi connectivity index (χ2n) is 4.83. The molecular formula is C14H18FNOS. The number of likely N-dealkylation sites (tertiary alicyclic amines) is 1. The summed E-state index contributed by atoms with van der Waals surface area (Å²) in [6.45, 7) is 3.60. The van der Waals surface area contributed by atoms with Gasteiger partial charge < -0.3 is 4.90 Å². The van der Waals surface area contributed by atoms with Gasteiger partial charge in [0.1, 0.15) is 5.82 Å². The van der Waals surface area contributed by atoms with Crippen molar-refractivity contribution in [1.29, 1.82) is 0 Å². The Kier molecular flexibility index (Phi) is 4.27. The van der Waals surface area contributed by atoms with Gasteiger partial charge in [0.15, 0.2) is 0 Å². The summed E-state index contributed by atoms with van der Waals surface area (Å²) in [6, 6.07) is 4.37. The van der Waals surface area contributed by atoms with Crippen LogP contribution in [0.25, 0.3) is 0 Å². The largest absolute Gasteiger partial charge is 0.338 e. The minimum Gasteiger partial charge on any atom is -0.338 e. The highest BCUT2D eigenvalue weighted by Gasteiger charge is 2.25. The van der Waals surface area contributed by atoms with Gasteiger partial charge in [0.2, 0.25) is 0 Å². The Morgan fingerprint density at radius 1 is 1.56 bits per heavy atom. The molecular weight excluding hydrogens is 249 g/mol. The maximum absolute atomic E-state index is 13.7. The molecule has 1 amide bonds. The summed E-state index contributed by atoms with van der Waals surface area (Å²) < 4.78 is 13.7. The highest BCUT2D eigenvalue weighted by molar-refractivity contribution is 7.80. The van der Waals surface area contributed by atoms with Gasteiger partial charge in [-0.1, -0.05) is 13.3 Å². The quantitative estimate of drug-likeness (QED) is 0.815. The number of rotatable bonds is 2. The Balaban J connectivity index is 2.17. The number of halogens is 1. The third-order valence-corrected chi connectivity index (χ3v) is 3.84.